The molecule has 1 fully saturated rings. The molecule has 1 aromatic carbocycles. The Morgan fingerprint density at radius 1 is 1.30 bits per heavy atom. The molecule has 0 aliphatic carbocycles. The second kappa shape index (κ2) is 7.82. The second-order valence-electron chi connectivity index (χ2n) is 7.07. The fraction of sp³-hybridized carbons (Fsp3) is 0.632. The topological polar surface area (TPSA) is 52.6 Å². The highest BCUT2D eigenvalue weighted by Crippen LogP contribution is 2.24. The zero-order valence-corrected chi connectivity index (χ0v) is 14.8. The maximum atomic E-state index is 12.8. The van der Waals surface area contributed by atoms with Crippen molar-refractivity contribution < 1.29 is 9.90 Å². The van der Waals surface area contributed by atoms with Crippen LogP contribution in [0.1, 0.15) is 49.5 Å². The molecule has 128 valence electrons. The van der Waals surface area contributed by atoms with Gasteiger partial charge in [-0.1, -0.05) is 19.9 Å². The van der Waals surface area contributed by atoms with E-state index in [1.165, 1.54) is 0 Å². The van der Waals surface area contributed by atoms with E-state index in [4.69, 9.17) is 0 Å². The van der Waals surface area contributed by atoms with Crippen molar-refractivity contribution in [2.45, 2.75) is 46.6 Å². The van der Waals surface area contributed by atoms with Gasteiger partial charge >= 0.3 is 0 Å². The quantitative estimate of drug-likeness (QED) is 0.876. The number of rotatable bonds is 5. The van der Waals surface area contributed by atoms with Gasteiger partial charge in [-0.2, -0.15) is 0 Å². The minimum atomic E-state index is 0.111. The van der Waals surface area contributed by atoms with Gasteiger partial charge in [0.25, 0.3) is 5.91 Å². The van der Waals surface area contributed by atoms with Crippen molar-refractivity contribution in [3.63, 3.8) is 0 Å². The first-order valence-corrected chi connectivity index (χ1v) is 8.70. The molecule has 0 radical (unpaired) electrons. The van der Waals surface area contributed by atoms with Crippen LogP contribution < -0.4 is 5.32 Å². The number of amides is 1. The largest absolute Gasteiger partial charge is 0.396 e. The highest BCUT2D eigenvalue weighted by Gasteiger charge is 2.24. The molecular formula is C19H30N2O2. The van der Waals surface area contributed by atoms with E-state index in [1.807, 2.05) is 30.0 Å². The van der Waals surface area contributed by atoms with Crippen LogP contribution >= 0.6 is 0 Å². The smallest absolute Gasteiger partial charge is 0.254 e. The maximum Gasteiger partial charge on any atom is 0.254 e. The van der Waals surface area contributed by atoms with Crippen LogP contribution in [0.4, 0.5) is 5.69 Å². The molecule has 1 heterocycles. The summed E-state index contributed by atoms with van der Waals surface area (Å²) in [7, 11) is 0. The molecule has 23 heavy (non-hydrogen) atoms. The van der Waals surface area contributed by atoms with E-state index < -0.39 is 0 Å². The van der Waals surface area contributed by atoms with Crippen LogP contribution in [-0.4, -0.2) is 41.7 Å². The highest BCUT2D eigenvalue weighted by atomic mass is 16.3. The zero-order chi connectivity index (χ0) is 17.0. The van der Waals surface area contributed by atoms with Crippen LogP contribution in [0.15, 0.2) is 18.2 Å². The Morgan fingerprint density at radius 2 is 1.96 bits per heavy atom. The molecule has 4 nitrogen and oxygen atoms in total. The number of aliphatic hydroxyl groups excluding tert-OH is 1. The van der Waals surface area contributed by atoms with Crippen LogP contribution in [0.25, 0.3) is 0 Å². The van der Waals surface area contributed by atoms with Crippen molar-refractivity contribution in [3.8, 4) is 0 Å². The van der Waals surface area contributed by atoms with Crippen LogP contribution in [0.3, 0.4) is 0 Å². The maximum absolute atomic E-state index is 12.8. The van der Waals surface area contributed by atoms with Crippen LogP contribution in [-0.2, 0) is 0 Å². The molecule has 1 aliphatic heterocycles. The number of carbonyl (C=O) groups is 1. The summed E-state index contributed by atoms with van der Waals surface area (Å²) in [6.07, 6.45) is 1.78. The first-order chi connectivity index (χ1) is 10.9. The standard InChI is InChI=1S/C19H30N2O2/c1-13(2)15(4)20-18-7-5-6-17(14(18)3)19(23)21-10-8-16(12-22)9-11-21/h5-7,13,15-16,20,22H,8-12H2,1-4H3. The van der Waals surface area contributed by atoms with Gasteiger partial charge in [0.2, 0.25) is 0 Å². The van der Waals surface area contributed by atoms with Gasteiger partial charge in [0, 0.05) is 37.0 Å². The summed E-state index contributed by atoms with van der Waals surface area (Å²) in [5, 5.41) is 12.8. The summed E-state index contributed by atoms with van der Waals surface area (Å²) in [4.78, 5) is 14.7. The van der Waals surface area contributed by atoms with E-state index in [2.05, 4.69) is 26.1 Å². The van der Waals surface area contributed by atoms with E-state index >= 15 is 0 Å². The third-order valence-corrected chi connectivity index (χ3v) is 5.11. The van der Waals surface area contributed by atoms with Gasteiger partial charge in [-0.15, -0.1) is 0 Å². The molecule has 1 amide bonds. The Balaban J connectivity index is 2.12. The van der Waals surface area contributed by atoms with Gasteiger partial charge in [0.05, 0.1) is 0 Å². The van der Waals surface area contributed by atoms with E-state index in [9.17, 15) is 9.90 Å². The highest BCUT2D eigenvalue weighted by molar-refractivity contribution is 5.97. The molecule has 1 atom stereocenters. The Labute approximate surface area is 139 Å². The number of nitrogens with one attached hydrogen (secondary N) is 1. The molecule has 0 saturated carbocycles. The molecular weight excluding hydrogens is 288 g/mol. The Bertz CT molecular complexity index is 534. The predicted molar refractivity (Wildman–Crippen MR) is 94.8 cm³/mol. The van der Waals surface area contributed by atoms with Crippen molar-refractivity contribution in [2.75, 3.05) is 25.0 Å². The van der Waals surface area contributed by atoms with Crippen molar-refractivity contribution in [3.05, 3.63) is 29.3 Å². The molecule has 2 N–H and O–H groups in total. The molecule has 1 aliphatic rings. The number of benzene rings is 1. The van der Waals surface area contributed by atoms with Gasteiger partial charge in [-0.25, -0.2) is 0 Å². The van der Waals surface area contributed by atoms with Crippen LogP contribution in [0, 0.1) is 18.8 Å². The monoisotopic (exact) mass is 318 g/mol. The number of hydrogen-bond donors (Lipinski definition) is 2. The summed E-state index contributed by atoms with van der Waals surface area (Å²) < 4.78 is 0. The lowest BCUT2D eigenvalue weighted by Gasteiger charge is -2.32. The molecule has 0 aromatic heterocycles. The van der Waals surface area contributed by atoms with Gasteiger partial charge < -0.3 is 15.3 Å². The zero-order valence-electron chi connectivity index (χ0n) is 14.8. The van der Waals surface area contributed by atoms with E-state index in [0.29, 0.717) is 17.9 Å². The molecule has 0 bridgehead atoms. The van der Waals surface area contributed by atoms with Gasteiger partial charge in [-0.3, -0.25) is 4.79 Å². The third-order valence-electron chi connectivity index (χ3n) is 5.11. The fourth-order valence-electron chi connectivity index (χ4n) is 2.92. The molecule has 1 saturated heterocycles. The summed E-state index contributed by atoms with van der Waals surface area (Å²) in [6, 6.07) is 6.28. The van der Waals surface area contributed by atoms with E-state index in [-0.39, 0.29) is 12.5 Å². The number of piperidine rings is 1. The number of anilines is 1. The van der Waals surface area contributed by atoms with E-state index in [0.717, 1.165) is 42.7 Å². The number of likely N-dealkylation sites (tertiary alicyclic amines) is 1. The third kappa shape index (κ3) is 4.25. The van der Waals surface area contributed by atoms with Crippen molar-refractivity contribution in [1.82, 2.24) is 4.90 Å². The minimum Gasteiger partial charge on any atom is -0.396 e. The molecule has 2 rings (SSSR count). The molecule has 4 heteroatoms. The van der Waals surface area contributed by atoms with Crippen molar-refractivity contribution in [2.24, 2.45) is 11.8 Å². The first-order valence-electron chi connectivity index (χ1n) is 8.70. The average molecular weight is 318 g/mol. The van der Waals surface area contributed by atoms with Gasteiger partial charge in [0.1, 0.15) is 0 Å². The average Bonchev–Trinajstić information content (AvgIpc) is 2.56. The van der Waals surface area contributed by atoms with Gasteiger partial charge in [0.15, 0.2) is 0 Å². The SMILES string of the molecule is Cc1c(NC(C)C(C)C)cccc1C(=O)N1CCC(CO)CC1. The van der Waals surface area contributed by atoms with Crippen molar-refractivity contribution >= 4 is 11.6 Å². The number of carbonyl (C=O) groups excluding carboxylic acids is 1. The molecule has 1 aromatic rings. The summed E-state index contributed by atoms with van der Waals surface area (Å²) >= 11 is 0. The molecule has 0 spiro atoms. The van der Waals surface area contributed by atoms with Crippen LogP contribution in [0.5, 0.6) is 0 Å². The predicted octanol–water partition coefficient (Wildman–Crippen LogP) is 3.30. The number of aliphatic hydroxyl groups is 1. The Hall–Kier alpha value is -1.55. The lowest BCUT2D eigenvalue weighted by atomic mass is 9.96. The number of hydrogen-bond acceptors (Lipinski definition) is 3. The van der Waals surface area contributed by atoms with Crippen molar-refractivity contribution in [1.29, 1.82) is 0 Å². The summed E-state index contributed by atoms with van der Waals surface area (Å²) in [5.41, 5.74) is 2.85. The normalized spacial score (nSPS) is 17.4. The fourth-order valence-corrected chi connectivity index (χ4v) is 2.92. The second-order valence-corrected chi connectivity index (χ2v) is 7.07. The lowest BCUT2D eigenvalue weighted by Crippen LogP contribution is -2.39. The van der Waals surface area contributed by atoms with Gasteiger partial charge in [-0.05, 0) is 56.2 Å². The summed E-state index contributed by atoms with van der Waals surface area (Å²) in [5.74, 6) is 0.992. The lowest BCUT2D eigenvalue weighted by molar-refractivity contribution is 0.0650. The minimum absolute atomic E-state index is 0.111. The summed E-state index contributed by atoms with van der Waals surface area (Å²) in [6.45, 7) is 10.3. The number of nitrogens with zero attached hydrogens (tertiary/aromatic N) is 1. The van der Waals surface area contributed by atoms with E-state index in [1.54, 1.807) is 0 Å². The Morgan fingerprint density at radius 3 is 2.52 bits per heavy atom. The van der Waals surface area contributed by atoms with Crippen LogP contribution in [0.2, 0.25) is 0 Å². The molecule has 1 unspecified atom stereocenters. The first kappa shape index (κ1) is 17.8. The Kier molecular flexibility index (Phi) is 6.05.